The third-order valence-corrected chi connectivity index (χ3v) is 6.68. The van der Waals surface area contributed by atoms with Crippen LogP contribution in [0.3, 0.4) is 0 Å². The number of pyridine rings is 1. The van der Waals surface area contributed by atoms with Crippen molar-refractivity contribution in [2.24, 2.45) is 5.92 Å². The molecule has 2 aliphatic heterocycles. The summed E-state index contributed by atoms with van der Waals surface area (Å²) < 4.78 is 15.6. The number of aliphatic carboxylic acids is 1. The van der Waals surface area contributed by atoms with Crippen molar-refractivity contribution in [3.63, 3.8) is 0 Å². The number of carbonyl (C=O) groups is 1. The Bertz CT molecular complexity index is 1380. The van der Waals surface area contributed by atoms with Gasteiger partial charge < -0.3 is 14.9 Å². The first-order valence-electron chi connectivity index (χ1n) is 11.4. The number of carboxylic acids is 1. The number of fused-ring (bicyclic) bond motifs is 1. The molecule has 5 heterocycles. The quantitative estimate of drug-likeness (QED) is 0.487. The molecule has 6 rings (SSSR count). The fourth-order valence-corrected chi connectivity index (χ4v) is 4.86. The number of nitrogens with zero attached hydrogens (tertiary/aromatic N) is 6. The average molecular weight is 458 g/mol. The van der Waals surface area contributed by atoms with Gasteiger partial charge in [-0.2, -0.15) is 0 Å². The van der Waals surface area contributed by atoms with E-state index in [1.807, 2.05) is 41.3 Å². The lowest BCUT2D eigenvalue weighted by Gasteiger charge is -2.37. The molecule has 0 radical (unpaired) electrons. The van der Waals surface area contributed by atoms with Gasteiger partial charge in [0.25, 0.3) is 0 Å². The maximum Gasteiger partial charge on any atom is 0.310 e. The number of aromatic nitrogens is 4. The molecular weight excluding hydrogens is 435 g/mol. The van der Waals surface area contributed by atoms with E-state index in [-0.39, 0.29) is 17.8 Å². The highest BCUT2D eigenvalue weighted by atomic mass is 19.1. The first kappa shape index (κ1) is 20.6. The summed E-state index contributed by atoms with van der Waals surface area (Å²) in [7, 11) is 0. The third kappa shape index (κ3) is 3.53. The van der Waals surface area contributed by atoms with Gasteiger partial charge in [0.05, 0.1) is 23.9 Å². The highest BCUT2D eigenvalue weighted by Gasteiger charge is 2.33. The second-order valence-corrected chi connectivity index (χ2v) is 8.83. The Hall–Kier alpha value is -4.01. The van der Waals surface area contributed by atoms with E-state index in [4.69, 9.17) is 15.2 Å². The Balaban J connectivity index is 1.32. The van der Waals surface area contributed by atoms with E-state index < -0.39 is 5.97 Å². The minimum Gasteiger partial charge on any atom is -0.481 e. The third-order valence-electron chi connectivity index (χ3n) is 6.68. The van der Waals surface area contributed by atoms with Gasteiger partial charge in [0, 0.05) is 19.6 Å². The van der Waals surface area contributed by atoms with Crippen molar-refractivity contribution in [3.05, 3.63) is 72.2 Å². The van der Waals surface area contributed by atoms with Crippen molar-refractivity contribution in [1.82, 2.24) is 19.6 Å². The molecule has 2 aliphatic rings. The Labute approximate surface area is 195 Å². The number of carboxylic acid groups (broad SMARTS) is 1. The standard InChI is InChI=1S/C25H23FN6O2/c26-18-5-1-4-16(12-18)20-7-3-11-31(20)24-10-9-22-27-13-21(32(22)29-24)19-6-2-8-23(28-19)30-14-17(15-30)25(33)34/h1-2,4-6,8-10,12-13,17,20H,3,7,11,14-15H2,(H,33,34)/t20-/m1/s1. The van der Waals surface area contributed by atoms with Crippen molar-refractivity contribution in [2.45, 2.75) is 18.9 Å². The van der Waals surface area contributed by atoms with Gasteiger partial charge in [0.15, 0.2) is 5.65 Å². The van der Waals surface area contributed by atoms with Crippen molar-refractivity contribution in [1.29, 1.82) is 0 Å². The predicted molar refractivity (Wildman–Crippen MR) is 125 cm³/mol. The summed E-state index contributed by atoms with van der Waals surface area (Å²) >= 11 is 0. The van der Waals surface area contributed by atoms with Crippen molar-refractivity contribution >= 4 is 23.3 Å². The molecule has 2 saturated heterocycles. The number of hydrogen-bond acceptors (Lipinski definition) is 6. The molecule has 0 amide bonds. The summed E-state index contributed by atoms with van der Waals surface area (Å²) in [6.45, 7) is 1.76. The molecule has 0 unspecified atom stereocenters. The normalized spacial score (nSPS) is 18.4. The SMILES string of the molecule is O=C(O)C1CN(c2cccc(-c3cnc4ccc(N5CCC[C@@H]5c5cccc(F)c5)nn34)n2)C1. The summed E-state index contributed by atoms with van der Waals surface area (Å²) in [5, 5.41) is 14.0. The second-order valence-electron chi connectivity index (χ2n) is 8.83. The molecule has 2 fully saturated rings. The molecule has 1 N–H and O–H groups in total. The fraction of sp³-hybridized carbons (Fsp3) is 0.280. The molecule has 0 aliphatic carbocycles. The van der Waals surface area contributed by atoms with Crippen LogP contribution in [0.25, 0.3) is 17.0 Å². The van der Waals surface area contributed by atoms with Gasteiger partial charge in [-0.15, -0.1) is 5.10 Å². The lowest BCUT2D eigenvalue weighted by atomic mass is 10.0. The van der Waals surface area contributed by atoms with Gasteiger partial charge in [-0.3, -0.25) is 4.79 Å². The van der Waals surface area contributed by atoms with Gasteiger partial charge >= 0.3 is 5.97 Å². The lowest BCUT2D eigenvalue weighted by Crippen LogP contribution is -2.50. The van der Waals surface area contributed by atoms with Crippen LogP contribution in [0.15, 0.2) is 60.8 Å². The molecule has 8 nitrogen and oxygen atoms in total. The van der Waals surface area contributed by atoms with E-state index in [9.17, 15) is 9.18 Å². The fourth-order valence-electron chi connectivity index (χ4n) is 4.86. The van der Waals surface area contributed by atoms with Crippen LogP contribution in [-0.4, -0.2) is 50.3 Å². The topological polar surface area (TPSA) is 86.9 Å². The minimum atomic E-state index is -0.774. The molecule has 0 spiro atoms. The molecule has 4 aromatic rings. The molecule has 9 heteroatoms. The van der Waals surface area contributed by atoms with Crippen LogP contribution in [-0.2, 0) is 4.79 Å². The number of hydrogen-bond donors (Lipinski definition) is 1. The van der Waals surface area contributed by atoms with Crippen molar-refractivity contribution in [2.75, 3.05) is 29.4 Å². The molecule has 34 heavy (non-hydrogen) atoms. The molecular formula is C25H23FN6O2. The van der Waals surface area contributed by atoms with Gasteiger partial charge in [0.2, 0.25) is 0 Å². The van der Waals surface area contributed by atoms with Crippen molar-refractivity contribution < 1.29 is 14.3 Å². The van der Waals surface area contributed by atoms with Crippen LogP contribution in [0.2, 0.25) is 0 Å². The Morgan fingerprint density at radius 3 is 2.74 bits per heavy atom. The smallest absolute Gasteiger partial charge is 0.310 e. The summed E-state index contributed by atoms with van der Waals surface area (Å²) in [5.74, 6) is 0.197. The average Bonchev–Trinajstić information content (AvgIpc) is 3.45. The van der Waals surface area contributed by atoms with Crippen LogP contribution in [0, 0.1) is 11.7 Å². The summed E-state index contributed by atoms with van der Waals surface area (Å²) in [4.78, 5) is 24.6. The van der Waals surface area contributed by atoms with Gasteiger partial charge in [-0.1, -0.05) is 18.2 Å². The predicted octanol–water partition coefficient (Wildman–Crippen LogP) is 3.79. The van der Waals surface area contributed by atoms with E-state index in [0.29, 0.717) is 18.7 Å². The molecule has 1 atom stereocenters. The Morgan fingerprint density at radius 1 is 1.06 bits per heavy atom. The largest absolute Gasteiger partial charge is 0.481 e. The van der Waals surface area contributed by atoms with Gasteiger partial charge in [-0.25, -0.2) is 18.9 Å². The van der Waals surface area contributed by atoms with Crippen LogP contribution in [0.1, 0.15) is 24.4 Å². The Morgan fingerprint density at radius 2 is 1.91 bits per heavy atom. The number of halogens is 1. The first-order valence-corrected chi connectivity index (χ1v) is 11.4. The molecule has 1 aromatic carbocycles. The van der Waals surface area contributed by atoms with Gasteiger partial charge in [-0.05, 0) is 54.8 Å². The molecule has 172 valence electrons. The zero-order chi connectivity index (χ0) is 23.2. The van der Waals surface area contributed by atoms with Crippen molar-refractivity contribution in [3.8, 4) is 11.4 Å². The minimum absolute atomic E-state index is 0.0719. The Kier molecular flexibility index (Phi) is 4.90. The second kappa shape index (κ2) is 8.09. The van der Waals surface area contributed by atoms with Gasteiger partial charge in [0.1, 0.15) is 23.1 Å². The monoisotopic (exact) mass is 458 g/mol. The number of rotatable bonds is 5. The number of anilines is 2. The van der Waals surface area contributed by atoms with Crippen LogP contribution < -0.4 is 9.80 Å². The summed E-state index contributed by atoms with van der Waals surface area (Å²) in [6.07, 6.45) is 3.70. The van der Waals surface area contributed by atoms with E-state index in [2.05, 4.69) is 9.88 Å². The maximum absolute atomic E-state index is 13.9. The van der Waals surface area contributed by atoms with Crippen LogP contribution >= 0.6 is 0 Å². The number of imidazole rings is 1. The maximum atomic E-state index is 13.9. The first-order chi connectivity index (χ1) is 16.6. The lowest BCUT2D eigenvalue weighted by molar-refractivity contribution is -0.142. The summed E-state index contributed by atoms with van der Waals surface area (Å²) in [6, 6.07) is 16.5. The molecule has 0 bridgehead atoms. The summed E-state index contributed by atoms with van der Waals surface area (Å²) in [5.41, 5.74) is 3.14. The van der Waals surface area contributed by atoms with E-state index in [1.54, 1.807) is 22.8 Å². The zero-order valence-corrected chi connectivity index (χ0v) is 18.4. The van der Waals surface area contributed by atoms with Crippen LogP contribution in [0.4, 0.5) is 16.0 Å². The molecule has 0 saturated carbocycles. The highest BCUT2D eigenvalue weighted by Crippen LogP contribution is 2.36. The van der Waals surface area contributed by atoms with E-state index in [1.165, 1.54) is 6.07 Å². The molecule has 3 aromatic heterocycles. The number of benzene rings is 1. The van der Waals surface area contributed by atoms with E-state index >= 15 is 0 Å². The van der Waals surface area contributed by atoms with E-state index in [0.717, 1.165) is 48.0 Å². The van der Waals surface area contributed by atoms with Crippen LogP contribution in [0.5, 0.6) is 0 Å². The highest BCUT2D eigenvalue weighted by molar-refractivity contribution is 5.74. The zero-order valence-electron chi connectivity index (χ0n) is 18.4.